The lowest BCUT2D eigenvalue weighted by atomic mass is 9.81. The quantitative estimate of drug-likeness (QED) is 0.0216. The maximum Gasteiger partial charge on any atom is 0.331 e. The molecule has 1 aliphatic carbocycles. The predicted octanol–water partition coefficient (Wildman–Crippen LogP) is 16.7. The van der Waals surface area contributed by atoms with Gasteiger partial charge in [-0.15, -0.1) is 0 Å². The highest BCUT2D eigenvalue weighted by Crippen LogP contribution is 2.47. The monoisotopic (exact) mass is 1740 g/mol. The highest BCUT2D eigenvalue weighted by atomic mass is 35.5. The summed E-state index contributed by atoms with van der Waals surface area (Å²) in [6, 6.07) is 28.3. The molecule has 3 unspecified atom stereocenters. The van der Waals surface area contributed by atoms with Crippen LogP contribution in [-0.2, 0) is 28.1 Å². The molecule has 2 aromatic carbocycles. The van der Waals surface area contributed by atoms with Gasteiger partial charge >= 0.3 is 11.4 Å². The largest absolute Gasteiger partial charge is 0.479 e. The molecule has 6 aromatic heterocycles. The summed E-state index contributed by atoms with van der Waals surface area (Å²) in [6.45, 7) is 19.8. The number of rotatable bonds is 17. The van der Waals surface area contributed by atoms with Crippen LogP contribution in [0.4, 0.5) is 69.2 Å². The van der Waals surface area contributed by atoms with Crippen LogP contribution in [0, 0.1) is 41.9 Å². The van der Waals surface area contributed by atoms with Gasteiger partial charge in [-0.3, -0.25) is 20.2 Å². The van der Waals surface area contributed by atoms with Crippen LogP contribution >= 0.6 is 60.7 Å². The molecule has 118 heavy (non-hydrogen) atoms. The molecule has 7 saturated heterocycles. The molecule has 8 aromatic rings. The van der Waals surface area contributed by atoms with Gasteiger partial charge in [-0.1, -0.05) is 71.9 Å². The van der Waals surface area contributed by atoms with Crippen molar-refractivity contribution >= 4 is 140 Å². The van der Waals surface area contributed by atoms with Gasteiger partial charge in [-0.25, -0.2) is 9.97 Å². The molecule has 16 rings (SSSR count). The first kappa shape index (κ1) is 90.0. The second-order valence-electron chi connectivity index (χ2n) is 31.6. The summed E-state index contributed by atoms with van der Waals surface area (Å²) in [5, 5.41) is 33.1. The fourth-order valence-electron chi connectivity index (χ4n) is 16.2. The molecule has 1 saturated carbocycles. The summed E-state index contributed by atoms with van der Waals surface area (Å²) in [7, 11) is 0.983. The molecule has 37 heteroatoms. The third kappa shape index (κ3) is 23.9. The average Bonchev–Trinajstić information content (AvgIpc) is 1.04. The number of hydrogen-bond acceptors (Lipinski definition) is 29. The third-order valence-electron chi connectivity index (χ3n) is 22.3. The molecule has 13 heterocycles. The Morgan fingerprint density at radius 1 is 0.441 bits per heavy atom. The average molecular weight is 1740 g/mol. The first-order valence-corrected chi connectivity index (χ1v) is 46.0. The Labute approximate surface area is 708 Å². The van der Waals surface area contributed by atoms with Crippen molar-refractivity contribution in [2.24, 2.45) is 21.7 Å². The lowest BCUT2D eigenvalue weighted by molar-refractivity contribution is -0.386. The molecule has 5 N–H and O–H groups in total. The number of ether oxygens (including phenoxy) is 8. The third-order valence-corrected chi connectivity index (χ3v) is 26.3. The smallest absolute Gasteiger partial charge is 0.331 e. The van der Waals surface area contributed by atoms with Crippen LogP contribution in [0.3, 0.4) is 0 Å². The Kier molecular flexibility index (Phi) is 31.3. The van der Waals surface area contributed by atoms with Crippen LogP contribution in [0.2, 0.25) is 20.5 Å². The molecule has 8 aliphatic rings. The SMILES string of the molecule is C1CCC2(C1)CCCOC2.COc1nc(Cl)ccc1[N+](=O)[O-].COc1nc(N2CCC3(CCCOC3)C2)ccc1N.COc1nc(N2CCC3(CCCOC3)C2)ccc1Nc1ncc(Cl)c(Nc2ccccc2P(C)(C)=O)n1.COc1nc(N2CCC3(CCCOC3)C2)ccc1[N+](=O)[O-].CP(C)(=O)c1ccccc1Nc1nc(Cl)ncc1Cl. The zero-order valence-electron chi connectivity index (χ0n) is 67.9. The van der Waals surface area contributed by atoms with Crippen molar-refractivity contribution in [2.75, 3.05) is 184 Å². The molecule has 0 amide bonds. The van der Waals surface area contributed by atoms with Crippen molar-refractivity contribution in [3.8, 4) is 23.5 Å². The van der Waals surface area contributed by atoms with E-state index in [0.717, 1.165) is 146 Å². The number of nitrogens with two attached hydrogens (primary N) is 1. The van der Waals surface area contributed by atoms with Gasteiger partial charge in [-0.05, 0) is 188 Å². The maximum absolute atomic E-state index is 12.8. The second kappa shape index (κ2) is 41.0. The van der Waals surface area contributed by atoms with Crippen LogP contribution in [0.5, 0.6) is 23.5 Å². The summed E-state index contributed by atoms with van der Waals surface area (Å²) in [6.07, 6.45) is 21.8. The number of methoxy groups -OCH3 is 4. The summed E-state index contributed by atoms with van der Waals surface area (Å²) in [5.74, 6) is 4.65. The van der Waals surface area contributed by atoms with Crippen LogP contribution in [-0.4, -0.2) is 197 Å². The van der Waals surface area contributed by atoms with Crippen molar-refractivity contribution in [1.29, 1.82) is 0 Å². The Morgan fingerprint density at radius 3 is 1.27 bits per heavy atom. The molecule has 0 bridgehead atoms. The first-order chi connectivity index (χ1) is 56.6. The number of anilines is 10. The second-order valence-corrected chi connectivity index (χ2v) is 39.5. The van der Waals surface area contributed by atoms with Gasteiger partial charge in [0, 0.05) is 105 Å². The van der Waals surface area contributed by atoms with E-state index in [2.05, 4.69) is 70.3 Å². The first-order valence-electron chi connectivity index (χ1n) is 39.3. The van der Waals surface area contributed by atoms with E-state index in [0.29, 0.717) is 73.0 Å². The minimum Gasteiger partial charge on any atom is -0.479 e. The fraction of sp³-hybridized carbons (Fsp3) is 0.506. The molecule has 636 valence electrons. The van der Waals surface area contributed by atoms with E-state index in [1.807, 2.05) is 72.8 Å². The van der Waals surface area contributed by atoms with Crippen LogP contribution in [0.1, 0.15) is 96.3 Å². The van der Waals surface area contributed by atoms with Crippen molar-refractivity contribution in [2.45, 2.75) is 96.3 Å². The molecule has 31 nitrogen and oxygen atoms in total. The fourth-order valence-corrected chi connectivity index (χ4v) is 19.0. The summed E-state index contributed by atoms with van der Waals surface area (Å²) in [5.41, 5.74) is 9.56. The number of nitrogens with zero attached hydrogens (tertiary/aromatic N) is 13. The lowest BCUT2D eigenvalue weighted by Gasteiger charge is -2.33. The maximum atomic E-state index is 12.8. The lowest BCUT2D eigenvalue weighted by Crippen LogP contribution is -2.35. The number of nitrogen functional groups attached to an aromatic ring is 1. The minimum absolute atomic E-state index is 0.0679. The van der Waals surface area contributed by atoms with Gasteiger partial charge < -0.3 is 83.4 Å². The van der Waals surface area contributed by atoms with Gasteiger partial charge in [0.15, 0.2) is 11.6 Å². The highest BCUT2D eigenvalue weighted by molar-refractivity contribution is 7.70. The van der Waals surface area contributed by atoms with Gasteiger partial charge in [0.25, 0.3) is 11.8 Å². The number of nitrogens with one attached hydrogen (secondary N) is 3. The Balaban J connectivity index is 0.000000146. The van der Waals surface area contributed by atoms with E-state index in [1.165, 1.54) is 115 Å². The summed E-state index contributed by atoms with van der Waals surface area (Å²) in [4.78, 5) is 60.8. The highest BCUT2D eigenvalue weighted by Gasteiger charge is 2.44. The molecule has 7 aliphatic heterocycles. The van der Waals surface area contributed by atoms with E-state index in [9.17, 15) is 29.4 Å². The topological polar surface area (TPSA) is 369 Å². The van der Waals surface area contributed by atoms with Gasteiger partial charge in [0.1, 0.15) is 52.6 Å². The molecule has 3 atom stereocenters. The number of aromatic nitrogens is 8. The van der Waals surface area contributed by atoms with E-state index in [1.54, 1.807) is 46.9 Å². The van der Waals surface area contributed by atoms with E-state index < -0.39 is 24.1 Å². The minimum atomic E-state index is -2.51. The number of hydrogen-bond donors (Lipinski definition) is 4. The van der Waals surface area contributed by atoms with Crippen molar-refractivity contribution in [3.05, 3.63) is 150 Å². The van der Waals surface area contributed by atoms with Crippen LogP contribution in [0.15, 0.2) is 109 Å². The molecule has 8 fully saturated rings. The molecule has 4 spiro atoms. The van der Waals surface area contributed by atoms with Crippen molar-refractivity contribution in [1.82, 2.24) is 39.9 Å². The number of benzene rings is 2. The molecule has 0 radical (unpaired) electrons. The van der Waals surface area contributed by atoms with Gasteiger partial charge in [0.05, 0.1) is 94.2 Å². The predicted molar refractivity (Wildman–Crippen MR) is 465 cm³/mol. The number of pyridine rings is 4. The molecular formula is C81H105Cl4N17O14P2. The normalized spacial score (nSPS) is 20.5. The van der Waals surface area contributed by atoms with Crippen LogP contribution < -0.4 is 65.9 Å². The Bertz CT molecular complexity index is 4830. The van der Waals surface area contributed by atoms with Gasteiger partial charge in [0.2, 0.25) is 23.0 Å². The van der Waals surface area contributed by atoms with Crippen molar-refractivity contribution < 1.29 is 56.9 Å². The van der Waals surface area contributed by atoms with Gasteiger partial charge in [-0.2, -0.15) is 29.9 Å². The summed E-state index contributed by atoms with van der Waals surface area (Å²) >= 11 is 23.6. The zero-order chi connectivity index (χ0) is 84.3. The van der Waals surface area contributed by atoms with E-state index in [4.69, 9.17) is 90.3 Å². The summed E-state index contributed by atoms with van der Waals surface area (Å²) < 4.78 is 68.1. The van der Waals surface area contributed by atoms with Crippen molar-refractivity contribution in [3.63, 3.8) is 0 Å². The van der Waals surface area contributed by atoms with E-state index in [-0.39, 0.29) is 44.4 Å². The van der Waals surface area contributed by atoms with E-state index >= 15 is 0 Å². The van der Waals surface area contributed by atoms with Crippen LogP contribution in [0.25, 0.3) is 0 Å². The zero-order valence-corrected chi connectivity index (χ0v) is 72.7. The Hall–Kier alpha value is -8.74. The number of halogens is 4. The standard InChI is InChI=1S/C26H32ClN6O3P.C14H19N3O4.C14H21N3O2.C12H12Cl2N3OP.C9H16O.C6H5ClN2O3/c1-35-24-20(9-10-22(31-24)33-13-12-26(16-33)11-6-14-36-17-26)30-25-28-15-18(27)23(32-25)29-19-7-4-5-8-21(19)37(2,3)34;1-20-13-11(17(18)19)3-4-12(15-13)16-7-6-14(9-16)5-2-8-21-10-14;1-18-13-11(15)3-4-12(16-13)17-7-6-14(9-17)5-2-8-19-10-14;1-19(2,18)10-6-4-3-5-9(10)16-11-8(13)7-15-12(14)17-11;1-2-5-9(4-1)6-3-7-10-8-9;1-12-6-4(9(10)11)2-3-5(7)8-6/h4-5,7-10,15H,6,11-14,16-17H2,1-3H3,(H2,28,29,30,32);3-4H,2,5-10H2,1H3;3-4H,2,5-10,15H2,1H3;3-7H,1-2H3,(H,15,16,17);1-8H2;2-3H,1H3. The number of nitro groups is 2. The molecular weight excluding hydrogens is 1640 g/mol. The number of para-hydroxylation sites is 2. The Morgan fingerprint density at radius 2 is 0.831 bits per heavy atom.